The van der Waals surface area contributed by atoms with Gasteiger partial charge in [-0.15, -0.1) is 6.58 Å². The van der Waals surface area contributed by atoms with Gasteiger partial charge < -0.3 is 9.47 Å². The van der Waals surface area contributed by atoms with Gasteiger partial charge in [-0.05, 0) is 41.5 Å². The molecule has 0 saturated carbocycles. The molecule has 150 valence electrons. The minimum absolute atomic E-state index is 0.00313. The monoisotopic (exact) mass is 391 g/mol. The molecule has 1 aliphatic carbocycles. The third-order valence-electron chi connectivity index (χ3n) is 5.70. The number of esters is 1. The zero-order chi connectivity index (χ0) is 20.2. The van der Waals surface area contributed by atoms with Crippen LogP contribution in [0.5, 0.6) is 0 Å². The highest BCUT2D eigenvalue weighted by Crippen LogP contribution is 2.44. The highest BCUT2D eigenvalue weighted by molar-refractivity contribution is 5.84. The summed E-state index contributed by atoms with van der Waals surface area (Å²) in [4.78, 5) is 26.2. The van der Waals surface area contributed by atoms with Crippen molar-refractivity contribution in [1.82, 2.24) is 4.90 Å². The number of hydrogen-bond donors (Lipinski definition) is 0. The highest BCUT2D eigenvalue weighted by atomic mass is 16.6. The van der Waals surface area contributed by atoms with E-state index in [1.54, 1.807) is 0 Å². The van der Waals surface area contributed by atoms with Crippen molar-refractivity contribution in [3.8, 4) is 11.1 Å². The fourth-order valence-electron chi connectivity index (χ4n) is 4.20. The maximum absolute atomic E-state index is 12.7. The molecule has 1 fully saturated rings. The van der Waals surface area contributed by atoms with Crippen LogP contribution in [0.15, 0.2) is 61.2 Å². The van der Waals surface area contributed by atoms with Gasteiger partial charge >= 0.3 is 12.1 Å². The predicted molar refractivity (Wildman–Crippen MR) is 110 cm³/mol. The number of amides is 1. The number of cyclic esters (lactones) is 1. The second kappa shape index (κ2) is 8.52. The number of allylic oxidation sites excluding steroid dienone is 1. The van der Waals surface area contributed by atoms with E-state index in [1.807, 2.05) is 30.3 Å². The molecule has 1 unspecified atom stereocenters. The van der Waals surface area contributed by atoms with Gasteiger partial charge in [0, 0.05) is 5.92 Å². The van der Waals surface area contributed by atoms with Crippen molar-refractivity contribution in [2.75, 3.05) is 13.3 Å². The summed E-state index contributed by atoms with van der Waals surface area (Å²) < 4.78 is 10.8. The van der Waals surface area contributed by atoms with Gasteiger partial charge in [-0.2, -0.15) is 0 Å². The Kier molecular flexibility index (Phi) is 5.65. The summed E-state index contributed by atoms with van der Waals surface area (Å²) in [6.07, 6.45) is 4.61. The Labute approximate surface area is 170 Å². The molecule has 1 amide bonds. The molecule has 2 aromatic rings. The van der Waals surface area contributed by atoms with E-state index in [9.17, 15) is 9.59 Å². The van der Waals surface area contributed by atoms with Gasteiger partial charge in [-0.25, -0.2) is 9.59 Å². The summed E-state index contributed by atoms with van der Waals surface area (Å²) in [5, 5.41) is 0. The standard InChI is InChI=1S/C24H25NO4/c1-2-3-4-5-14-22-23(26)29-16-25(22)24(27)28-15-21-19-12-8-6-10-17(19)18-11-7-9-13-20(18)21/h2,6-13,21-22H,1,3-5,14-16H2. The largest absolute Gasteiger partial charge is 0.448 e. The topological polar surface area (TPSA) is 55.8 Å². The summed E-state index contributed by atoms with van der Waals surface area (Å²) >= 11 is 0. The minimum Gasteiger partial charge on any atom is -0.448 e. The number of unbranched alkanes of at least 4 members (excludes halogenated alkanes) is 2. The number of hydrogen-bond acceptors (Lipinski definition) is 4. The molecule has 1 atom stereocenters. The third-order valence-corrected chi connectivity index (χ3v) is 5.70. The van der Waals surface area contributed by atoms with Crippen LogP contribution in [0, 0.1) is 0 Å². The normalized spacial score (nSPS) is 17.6. The van der Waals surface area contributed by atoms with Crippen molar-refractivity contribution in [1.29, 1.82) is 0 Å². The second-order valence-electron chi connectivity index (χ2n) is 7.46. The highest BCUT2D eigenvalue weighted by Gasteiger charge is 2.39. The molecule has 0 bridgehead atoms. The lowest BCUT2D eigenvalue weighted by atomic mass is 9.98. The lowest BCUT2D eigenvalue weighted by Crippen LogP contribution is -2.39. The molecule has 5 nitrogen and oxygen atoms in total. The Bertz CT molecular complexity index is 877. The van der Waals surface area contributed by atoms with Crippen LogP contribution < -0.4 is 0 Å². The number of fused-ring (bicyclic) bond motifs is 3. The third kappa shape index (κ3) is 3.77. The molecule has 1 aliphatic heterocycles. The summed E-state index contributed by atoms with van der Waals surface area (Å²) in [5.74, 6) is -0.353. The second-order valence-corrected chi connectivity index (χ2v) is 7.46. The van der Waals surface area contributed by atoms with Crippen LogP contribution in [0.4, 0.5) is 4.79 Å². The number of carbonyl (C=O) groups excluding carboxylic acids is 2. The molecule has 0 radical (unpaired) electrons. The van der Waals surface area contributed by atoms with Crippen LogP contribution in [-0.4, -0.2) is 36.3 Å². The van der Waals surface area contributed by atoms with E-state index in [0.29, 0.717) is 6.42 Å². The van der Waals surface area contributed by atoms with Gasteiger partial charge in [0.05, 0.1) is 0 Å². The van der Waals surface area contributed by atoms with E-state index >= 15 is 0 Å². The van der Waals surface area contributed by atoms with Gasteiger partial charge in [0.15, 0.2) is 6.73 Å². The van der Waals surface area contributed by atoms with Crippen molar-refractivity contribution in [2.24, 2.45) is 0 Å². The summed E-state index contributed by atoms with van der Waals surface area (Å²) in [6, 6.07) is 15.9. The Hall–Kier alpha value is -3.08. The number of benzene rings is 2. The summed E-state index contributed by atoms with van der Waals surface area (Å²) in [7, 11) is 0. The van der Waals surface area contributed by atoms with E-state index in [1.165, 1.54) is 16.0 Å². The molecule has 2 aromatic carbocycles. The SMILES string of the molecule is C=CCCCCC1C(=O)OCN1C(=O)OCC1c2ccccc2-c2ccccc21. The number of nitrogens with zero attached hydrogens (tertiary/aromatic N) is 1. The molecule has 1 saturated heterocycles. The van der Waals surface area contributed by atoms with Crippen LogP contribution in [0.25, 0.3) is 11.1 Å². The molecular weight excluding hydrogens is 366 g/mol. The lowest BCUT2D eigenvalue weighted by Gasteiger charge is -2.21. The zero-order valence-electron chi connectivity index (χ0n) is 16.4. The van der Waals surface area contributed by atoms with E-state index in [4.69, 9.17) is 9.47 Å². The van der Waals surface area contributed by atoms with Gasteiger partial charge in [-0.1, -0.05) is 61.0 Å². The van der Waals surface area contributed by atoms with Crippen molar-refractivity contribution in [3.63, 3.8) is 0 Å². The molecular formula is C24H25NO4. The molecule has 0 aromatic heterocycles. The molecule has 2 aliphatic rings. The first-order valence-corrected chi connectivity index (χ1v) is 10.1. The van der Waals surface area contributed by atoms with Crippen molar-refractivity contribution >= 4 is 12.1 Å². The van der Waals surface area contributed by atoms with Gasteiger partial charge in [0.2, 0.25) is 0 Å². The van der Waals surface area contributed by atoms with Crippen molar-refractivity contribution in [3.05, 3.63) is 72.3 Å². The quantitative estimate of drug-likeness (QED) is 0.384. The van der Waals surface area contributed by atoms with Crippen molar-refractivity contribution < 1.29 is 19.1 Å². The number of ether oxygens (including phenoxy) is 2. The van der Waals surface area contributed by atoms with Crippen LogP contribution >= 0.6 is 0 Å². The Morgan fingerprint density at radius 1 is 1.10 bits per heavy atom. The van der Waals surface area contributed by atoms with E-state index < -0.39 is 12.1 Å². The number of carbonyl (C=O) groups is 2. The molecule has 0 N–H and O–H groups in total. The van der Waals surface area contributed by atoms with Gasteiger partial charge in [0.25, 0.3) is 0 Å². The fraction of sp³-hybridized carbons (Fsp3) is 0.333. The zero-order valence-corrected chi connectivity index (χ0v) is 16.4. The minimum atomic E-state index is -0.560. The lowest BCUT2D eigenvalue weighted by molar-refractivity contribution is -0.139. The van der Waals surface area contributed by atoms with Gasteiger partial charge in [-0.3, -0.25) is 4.90 Å². The van der Waals surface area contributed by atoms with E-state index in [0.717, 1.165) is 30.4 Å². The number of rotatable bonds is 7. The molecule has 0 spiro atoms. The molecule has 29 heavy (non-hydrogen) atoms. The molecule has 4 rings (SSSR count). The maximum Gasteiger partial charge on any atom is 0.413 e. The predicted octanol–water partition coefficient (Wildman–Crippen LogP) is 4.87. The van der Waals surface area contributed by atoms with E-state index in [2.05, 4.69) is 30.8 Å². The summed E-state index contributed by atoms with van der Waals surface area (Å²) in [6.45, 7) is 3.90. The van der Waals surface area contributed by atoms with Crippen LogP contribution in [0.1, 0.15) is 42.7 Å². The first-order chi connectivity index (χ1) is 14.2. The first-order valence-electron chi connectivity index (χ1n) is 10.1. The first kappa shape index (κ1) is 19.2. The van der Waals surface area contributed by atoms with Crippen LogP contribution in [0.3, 0.4) is 0 Å². The average molecular weight is 391 g/mol. The maximum atomic E-state index is 12.7. The van der Waals surface area contributed by atoms with Gasteiger partial charge in [0.1, 0.15) is 12.6 Å². The van der Waals surface area contributed by atoms with E-state index in [-0.39, 0.29) is 25.2 Å². The van der Waals surface area contributed by atoms with Crippen LogP contribution in [0.2, 0.25) is 0 Å². The Morgan fingerprint density at radius 2 is 1.76 bits per heavy atom. The Balaban J connectivity index is 1.43. The average Bonchev–Trinajstić information content (AvgIpc) is 3.27. The summed E-state index contributed by atoms with van der Waals surface area (Å²) in [5.41, 5.74) is 4.69. The smallest absolute Gasteiger partial charge is 0.413 e. The van der Waals surface area contributed by atoms with Crippen LogP contribution in [-0.2, 0) is 14.3 Å². The van der Waals surface area contributed by atoms with Crippen molar-refractivity contribution in [2.45, 2.75) is 37.6 Å². The molecule has 1 heterocycles. The fourth-order valence-corrected chi connectivity index (χ4v) is 4.20. The molecule has 5 heteroatoms. The Morgan fingerprint density at radius 3 is 2.41 bits per heavy atom.